The van der Waals surface area contributed by atoms with Crippen LogP contribution in [0.3, 0.4) is 0 Å². The first-order valence-electron chi connectivity index (χ1n) is 6.49. The van der Waals surface area contributed by atoms with Gasteiger partial charge >= 0.3 is 0 Å². The van der Waals surface area contributed by atoms with Gasteiger partial charge in [0.05, 0.1) is 0 Å². The van der Waals surface area contributed by atoms with E-state index >= 15 is 0 Å². The van der Waals surface area contributed by atoms with Gasteiger partial charge in [0.1, 0.15) is 10.7 Å². The Balaban J connectivity index is 2.19. The van der Waals surface area contributed by atoms with E-state index in [4.69, 9.17) is 0 Å². The minimum absolute atomic E-state index is 0.204. The Morgan fingerprint density at radius 1 is 1.37 bits per heavy atom. The average Bonchev–Trinajstić information content (AvgIpc) is 2.38. The van der Waals surface area contributed by atoms with Gasteiger partial charge in [0, 0.05) is 19.3 Å². The maximum Gasteiger partial charge on any atom is 0.241 e. The number of hydrogen-bond donors (Lipinski definition) is 1. The number of hydrogen-bond acceptors (Lipinski definition) is 4. The highest BCUT2D eigenvalue weighted by Crippen LogP contribution is 2.30. The Bertz CT molecular complexity index is 538. The highest BCUT2D eigenvalue weighted by atomic mass is 32.2. The van der Waals surface area contributed by atoms with Gasteiger partial charge in [0.25, 0.3) is 0 Å². The molecule has 19 heavy (non-hydrogen) atoms. The van der Waals surface area contributed by atoms with Crippen molar-refractivity contribution in [1.29, 1.82) is 0 Å². The number of anilines is 1. The van der Waals surface area contributed by atoms with Crippen molar-refractivity contribution >= 4 is 15.8 Å². The van der Waals surface area contributed by atoms with E-state index in [0.29, 0.717) is 0 Å². The topological polar surface area (TPSA) is 62.3 Å². The van der Waals surface area contributed by atoms with Crippen molar-refractivity contribution in [3.63, 3.8) is 0 Å². The first kappa shape index (κ1) is 14.3. The van der Waals surface area contributed by atoms with Gasteiger partial charge in [-0.15, -0.1) is 0 Å². The second-order valence-electron chi connectivity index (χ2n) is 5.75. The van der Waals surface area contributed by atoms with Crippen LogP contribution >= 0.6 is 0 Å². The average molecular weight is 283 g/mol. The van der Waals surface area contributed by atoms with Gasteiger partial charge in [-0.05, 0) is 37.4 Å². The molecule has 1 fully saturated rings. The van der Waals surface area contributed by atoms with Gasteiger partial charge in [-0.25, -0.2) is 18.1 Å². The molecule has 1 aromatic rings. The Kier molecular flexibility index (Phi) is 3.82. The molecular formula is C13H21N3O2S. The van der Waals surface area contributed by atoms with Crippen LogP contribution in [0.5, 0.6) is 0 Å². The maximum absolute atomic E-state index is 11.6. The molecule has 0 atom stereocenters. The van der Waals surface area contributed by atoms with Gasteiger partial charge in [-0.2, -0.15) is 0 Å². The largest absolute Gasteiger partial charge is 0.356 e. The molecule has 0 bridgehead atoms. The quantitative estimate of drug-likeness (QED) is 0.915. The summed E-state index contributed by atoms with van der Waals surface area (Å²) in [6, 6.07) is 3.39. The normalized spacial score (nSPS) is 19.4. The van der Waals surface area contributed by atoms with Gasteiger partial charge in [0.2, 0.25) is 10.0 Å². The number of nitrogens with one attached hydrogen (secondary N) is 1. The Morgan fingerprint density at radius 2 is 2.11 bits per heavy atom. The number of rotatable bonds is 3. The van der Waals surface area contributed by atoms with E-state index in [0.717, 1.165) is 25.3 Å². The van der Waals surface area contributed by atoms with Crippen molar-refractivity contribution in [3.8, 4) is 0 Å². The Labute approximate surface area is 115 Å². The van der Waals surface area contributed by atoms with Crippen LogP contribution in [0.2, 0.25) is 0 Å². The summed E-state index contributed by atoms with van der Waals surface area (Å²) in [5.74, 6) is 0.850. The second kappa shape index (κ2) is 5.09. The van der Waals surface area contributed by atoms with Crippen molar-refractivity contribution < 1.29 is 8.42 Å². The first-order chi connectivity index (χ1) is 8.84. The third-order valence-electron chi connectivity index (χ3n) is 3.52. The molecule has 0 radical (unpaired) electrons. The lowest BCUT2D eigenvalue weighted by Gasteiger charge is -2.38. The summed E-state index contributed by atoms with van der Waals surface area (Å²) in [6.45, 7) is 6.44. The summed E-state index contributed by atoms with van der Waals surface area (Å²) in [5.41, 5.74) is 0.287. The minimum Gasteiger partial charge on any atom is -0.356 e. The van der Waals surface area contributed by atoms with Crippen molar-refractivity contribution in [3.05, 3.63) is 18.3 Å². The summed E-state index contributed by atoms with van der Waals surface area (Å²) in [6.07, 6.45) is 3.78. The highest BCUT2D eigenvalue weighted by molar-refractivity contribution is 7.89. The van der Waals surface area contributed by atoms with Crippen molar-refractivity contribution in [2.45, 2.75) is 31.6 Å². The van der Waals surface area contributed by atoms with Crippen molar-refractivity contribution in [1.82, 2.24) is 9.71 Å². The number of nitrogens with zero attached hydrogens (tertiary/aromatic N) is 2. The van der Waals surface area contributed by atoms with E-state index in [9.17, 15) is 8.42 Å². The molecule has 1 aliphatic rings. The van der Waals surface area contributed by atoms with Crippen LogP contribution in [0.1, 0.15) is 26.7 Å². The van der Waals surface area contributed by atoms with Gasteiger partial charge in [0.15, 0.2) is 0 Å². The maximum atomic E-state index is 11.6. The summed E-state index contributed by atoms with van der Waals surface area (Å²) in [7, 11) is -2.00. The molecule has 6 heteroatoms. The monoisotopic (exact) mass is 283 g/mol. The number of piperidine rings is 1. The van der Waals surface area contributed by atoms with Crippen LogP contribution in [-0.4, -0.2) is 33.5 Å². The molecule has 1 aliphatic heterocycles. The van der Waals surface area contributed by atoms with Crippen LogP contribution in [0.4, 0.5) is 5.82 Å². The van der Waals surface area contributed by atoms with Crippen LogP contribution < -0.4 is 9.62 Å². The summed E-state index contributed by atoms with van der Waals surface area (Å²) in [5, 5.41) is 0. The van der Waals surface area contributed by atoms with E-state index in [1.807, 2.05) is 0 Å². The summed E-state index contributed by atoms with van der Waals surface area (Å²) >= 11 is 0. The fraction of sp³-hybridized carbons (Fsp3) is 0.615. The molecule has 106 valence electrons. The van der Waals surface area contributed by atoms with Gasteiger partial charge < -0.3 is 4.90 Å². The van der Waals surface area contributed by atoms with Gasteiger partial charge in [-0.3, -0.25) is 0 Å². The summed E-state index contributed by atoms with van der Waals surface area (Å²) < 4.78 is 25.5. The SMILES string of the molecule is CNS(=O)(=O)c1ccc(N2CCCC(C)(C)C2)nc1. The molecule has 0 unspecified atom stereocenters. The lowest BCUT2D eigenvalue weighted by Crippen LogP contribution is -2.40. The van der Waals surface area contributed by atoms with Crippen molar-refractivity contribution in [2.75, 3.05) is 25.0 Å². The molecule has 0 amide bonds. The third-order valence-corrected chi connectivity index (χ3v) is 4.92. The highest BCUT2D eigenvalue weighted by Gasteiger charge is 2.27. The van der Waals surface area contributed by atoms with Crippen LogP contribution in [0, 0.1) is 5.41 Å². The number of pyridine rings is 1. The smallest absolute Gasteiger partial charge is 0.241 e. The molecule has 0 spiro atoms. The van der Waals surface area contributed by atoms with Crippen molar-refractivity contribution in [2.24, 2.45) is 5.41 Å². The molecule has 0 aromatic carbocycles. The van der Waals surface area contributed by atoms with Crippen LogP contribution in [-0.2, 0) is 10.0 Å². The standard InChI is InChI=1S/C13H21N3O2S/c1-13(2)7-4-8-16(10-13)12-6-5-11(9-15-12)19(17,18)14-3/h5-6,9,14H,4,7-8,10H2,1-3H3. The first-order valence-corrected chi connectivity index (χ1v) is 7.97. The zero-order chi connectivity index (χ0) is 14.1. The predicted octanol–water partition coefficient (Wildman–Crippen LogP) is 1.62. The van der Waals surface area contributed by atoms with E-state index in [2.05, 4.69) is 28.5 Å². The van der Waals surface area contributed by atoms with E-state index in [1.54, 1.807) is 12.1 Å². The second-order valence-corrected chi connectivity index (χ2v) is 7.64. The van der Waals surface area contributed by atoms with Crippen LogP contribution in [0.25, 0.3) is 0 Å². The predicted molar refractivity (Wildman–Crippen MR) is 75.7 cm³/mol. The zero-order valence-electron chi connectivity index (χ0n) is 11.7. The third kappa shape index (κ3) is 3.25. The Hall–Kier alpha value is -1.14. The molecule has 1 N–H and O–H groups in total. The molecule has 2 rings (SSSR count). The van der Waals surface area contributed by atoms with E-state index in [1.165, 1.54) is 19.7 Å². The van der Waals surface area contributed by atoms with Crippen LogP contribution in [0.15, 0.2) is 23.2 Å². The molecule has 0 saturated carbocycles. The fourth-order valence-electron chi connectivity index (χ4n) is 2.46. The lowest BCUT2D eigenvalue weighted by molar-refractivity contribution is 0.292. The molecule has 0 aliphatic carbocycles. The molecule has 1 aromatic heterocycles. The Morgan fingerprint density at radius 3 is 2.63 bits per heavy atom. The number of aromatic nitrogens is 1. The molecule has 1 saturated heterocycles. The molecule has 2 heterocycles. The van der Waals surface area contributed by atoms with Gasteiger partial charge in [-0.1, -0.05) is 13.8 Å². The lowest BCUT2D eigenvalue weighted by atomic mass is 9.84. The molecule has 5 nitrogen and oxygen atoms in total. The minimum atomic E-state index is -3.40. The fourth-order valence-corrected chi connectivity index (χ4v) is 3.13. The van der Waals surface area contributed by atoms with E-state index in [-0.39, 0.29) is 10.3 Å². The van der Waals surface area contributed by atoms with E-state index < -0.39 is 10.0 Å². The summed E-state index contributed by atoms with van der Waals surface area (Å²) in [4.78, 5) is 6.71. The number of sulfonamides is 1. The zero-order valence-corrected chi connectivity index (χ0v) is 12.5. The molecular weight excluding hydrogens is 262 g/mol.